The molecule has 0 aromatic carbocycles. The Morgan fingerprint density at radius 3 is 2.70 bits per heavy atom. The van der Waals surface area contributed by atoms with Crippen LogP contribution in [0, 0.1) is 18.8 Å². The smallest absolute Gasteiger partial charge is 0.118 e. The lowest BCUT2D eigenvalue weighted by molar-refractivity contribution is 0.132. The lowest BCUT2D eigenvalue weighted by atomic mass is 10.3. The lowest BCUT2D eigenvalue weighted by Crippen LogP contribution is -2.04. The van der Waals surface area contributed by atoms with E-state index in [0.29, 0.717) is 6.61 Å². The summed E-state index contributed by atoms with van der Waals surface area (Å²) in [6.07, 6.45) is 1.90. The summed E-state index contributed by atoms with van der Waals surface area (Å²) in [4.78, 5) is 0. The van der Waals surface area contributed by atoms with Gasteiger partial charge in [0.25, 0.3) is 0 Å². The van der Waals surface area contributed by atoms with Gasteiger partial charge in [-0.3, -0.25) is 0 Å². The van der Waals surface area contributed by atoms with E-state index in [0.717, 1.165) is 12.8 Å². The van der Waals surface area contributed by atoms with Gasteiger partial charge in [-0.15, -0.1) is 5.92 Å². The normalized spacial score (nSPS) is 11.9. The molecule has 1 atom stereocenters. The molecule has 1 nitrogen and oxygen atoms in total. The summed E-state index contributed by atoms with van der Waals surface area (Å²) >= 11 is 0. The van der Waals surface area contributed by atoms with E-state index in [4.69, 9.17) is 4.74 Å². The Morgan fingerprint density at radius 1 is 1.50 bits per heavy atom. The summed E-state index contributed by atoms with van der Waals surface area (Å²) in [5.74, 6) is 5.88. The van der Waals surface area contributed by atoms with Crippen molar-refractivity contribution in [2.45, 2.75) is 32.8 Å². The maximum atomic E-state index is 5.10. The van der Waals surface area contributed by atoms with Crippen LogP contribution in [0.4, 0.5) is 0 Å². The number of ether oxygens (including phenoxy) is 1. The average molecular weight is 139 g/mol. The van der Waals surface area contributed by atoms with Gasteiger partial charge in [-0.2, -0.15) is 0 Å². The maximum Gasteiger partial charge on any atom is 0.118 e. The molecule has 0 saturated heterocycles. The van der Waals surface area contributed by atoms with Crippen molar-refractivity contribution in [3.05, 3.63) is 6.92 Å². The first kappa shape index (κ1) is 9.52. The van der Waals surface area contributed by atoms with Gasteiger partial charge in [-0.25, -0.2) is 0 Å². The van der Waals surface area contributed by atoms with E-state index in [1.807, 2.05) is 6.92 Å². The van der Waals surface area contributed by atoms with Crippen LogP contribution in [0.1, 0.15) is 26.7 Å². The van der Waals surface area contributed by atoms with Crippen LogP contribution in [0.3, 0.4) is 0 Å². The molecule has 1 heteroatoms. The quantitative estimate of drug-likeness (QED) is 0.544. The molecule has 0 aromatic rings. The first-order chi connectivity index (χ1) is 4.81. The van der Waals surface area contributed by atoms with Crippen molar-refractivity contribution in [1.29, 1.82) is 0 Å². The molecule has 0 fully saturated rings. The maximum absolute atomic E-state index is 5.10. The molecule has 0 heterocycles. The van der Waals surface area contributed by atoms with Crippen molar-refractivity contribution in [1.82, 2.24) is 0 Å². The highest BCUT2D eigenvalue weighted by atomic mass is 16.5. The van der Waals surface area contributed by atoms with Gasteiger partial charge in [0.1, 0.15) is 6.10 Å². The second kappa shape index (κ2) is 6.64. The van der Waals surface area contributed by atoms with Crippen LogP contribution in [0.15, 0.2) is 0 Å². The van der Waals surface area contributed by atoms with Gasteiger partial charge in [0, 0.05) is 13.0 Å². The van der Waals surface area contributed by atoms with Crippen LogP contribution >= 0.6 is 0 Å². The van der Waals surface area contributed by atoms with Crippen LogP contribution in [-0.4, -0.2) is 12.7 Å². The third-order valence-electron chi connectivity index (χ3n) is 1.01. The lowest BCUT2D eigenvalue weighted by Gasteiger charge is -2.00. The highest BCUT2D eigenvalue weighted by Gasteiger charge is 1.90. The highest BCUT2D eigenvalue weighted by molar-refractivity contribution is 5.05. The molecule has 0 aliphatic heterocycles. The second-order valence-electron chi connectivity index (χ2n) is 2.02. The van der Waals surface area contributed by atoms with Crippen molar-refractivity contribution >= 4 is 0 Å². The fourth-order valence-electron chi connectivity index (χ4n) is 0.554. The molecule has 0 spiro atoms. The second-order valence-corrected chi connectivity index (χ2v) is 2.02. The van der Waals surface area contributed by atoms with E-state index in [1.54, 1.807) is 0 Å². The van der Waals surface area contributed by atoms with Gasteiger partial charge in [-0.05, 0) is 20.3 Å². The van der Waals surface area contributed by atoms with Crippen LogP contribution in [-0.2, 0) is 4.74 Å². The number of rotatable bonds is 3. The zero-order valence-corrected chi connectivity index (χ0v) is 6.81. The van der Waals surface area contributed by atoms with Gasteiger partial charge < -0.3 is 4.74 Å². The number of unbranched alkanes of at least 4 members (excludes halogenated alkanes) is 1. The Bertz CT molecular complexity index is 118. The molecule has 1 unspecified atom stereocenters. The monoisotopic (exact) mass is 139 g/mol. The SMILES string of the molecule is [CH2]C(C#CCCC)OCC. The Kier molecular flexibility index (Phi) is 6.32. The van der Waals surface area contributed by atoms with Crippen molar-refractivity contribution in [2.24, 2.45) is 0 Å². The molecule has 0 aliphatic carbocycles. The predicted molar refractivity (Wildman–Crippen MR) is 43.5 cm³/mol. The summed E-state index contributed by atoms with van der Waals surface area (Å²) in [7, 11) is 0. The summed E-state index contributed by atoms with van der Waals surface area (Å²) in [6.45, 7) is 8.44. The van der Waals surface area contributed by atoms with E-state index in [9.17, 15) is 0 Å². The molecule has 0 saturated carbocycles. The fourth-order valence-corrected chi connectivity index (χ4v) is 0.554. The van der Waals surface area contributed by atoms with E-state index < -0.39 is 0 Å². The van der Waals surface area contributed by atoms with Crippen molar-refractivity contribution in [3.63, 3.8) is 0 Å². The largest absolute Gasteiger partial charge is 0.366 e. The molecule has 0 amide bonds. The van der Waals surface area contributed by atoms with E-state index in [-0.39, 0.29) is 6.10 Å². The molecule has 57 valence electrons. The topological polar surface area (TPSA) is 9.23 Å². The molecule has 1 radical (unpaired) electrons. The number of hydrogen-bond acceptors (Lipinski definition) is 1. The minimum Gasteiger partial charge on any atom is -0.366 e. The molecule has 0 rings (SSSR count). The van der Waals surface area contributed by atoms with E-state index >= 15 is 0 Å². The predicted octanol–water partition coefficient (Wildman–Crippen LogP) is 2.03. The Labute approximate surface area is 63.8 Å². The molecule has 0 bridgehead atoms. The Balaban J connectivity index is 3.37. The fraction of sp³-hybridized carbons (Fsp3) is 0.667. The molecular weight excluding hydrogens is 124 g/mol. The van der Waals surface area contributed by atoms with E-state index in [2.05, 4.69) is 25.7 Å². The van der Waals surface area contributed by atoms with Gasteiger partial charge in [0.05, 0.1) is 0 Å². The van der Waals surface area contributed by atoms with Crippen LogP contribution in [0.25, 0.3) is 0 Å². The zero-order valence-electron chi connectivity index (χ0n) is 6.81. The van der Waals surface area contributed by atoms with Crippen molar-refractivity contribution in [2.75, 3.05) is 6.61 Å². The molecule has 0 aliphatic rings. The molecule has 0 N–H and O–H groups in total. The first-order valence-electron chi connectivity index (χ1n) is 3.74. The van der Waals surface area contributed by atoms with Crippen LogP contribution in [0.2, 0.25) is 0 Å². The van der Waals surface area contributed by atoms with Gasteiger partial charge in [0.15, 0.2) is 0 Å². The standard InChI is InChI=1S/C9H15O/c1-4-6-7-8-9(3)10-5-2/h9H,3-6H2,1-2H3. The summed E-state index contributed by atoms with van der Waals surface area (Å²) in [5, 5.41) is 0. The first-order valence-corrected chi connectivity index (χ1v) is 3.74. The molecule has 10 heavy (non-hydrogen) atoms. The average Bonchev–Trinajstić information content (AvgIpc) is 1.89. The van der Waals surface area contributed by atoms with Gasteiger partial charge in [0.2, 0.25) is 0 Å². The van der Waals surface area contributed by atoms with E-state index in [1.165, 1.54) is 0 Å². The van der Waals surface area contributed by atoms with Gasteiger partial charge in [-0.1, -0.05) is 12.8 Å². The molecular formula is C9H15O. The molecule has 0 aromatic heterocycles. The number of hydrogen-bond donors (Lipinski definition) is 0. The van der Waals surface area contributed by atoms with Gasteiger partial charge >= 0.3 is 0 Å². The Morgan fingerprint density at radius 2 is 2.20 bits per heavy atom. The third kappa shape index (κ3) is 5.65. The highest BCUT2D eigenvalue weighted by Crippen LogP contribution is 1.87. The van der Waals surface area contributed by atoms with Crippen LogP contribution < -0.4 is 0 Å². The summed E-state index contributed by atoms with van der Waals surface area (Å²) in [5.41, 5.74) is 0. The zero-order chi connectivity index (χ0) is 7.82. The van der Waals surface area contributed by atoms with Crippen molar-refractivity contribution in [3.8, 4) is 11.8 Å². The Hall–Kier alpha value is -0.480. The summed E-state index contributed by atoms with van der Waals surface area (Å²) < 4.78 is 5.10. The summed E-state index contributed by atoms with van der Waals surface area (Å²) in [6, 6.07) is 0. The van der Waals surface area contributed by atoms with Crippen molar-refractivity contribution < 1.29 is 4.74 Å². The minimum absolute atomic E-state index is 0.142. The van der Waals surface area contributed by atoms with Crippen LogP contribution in [0.5, 0.6) is 0 Å². The third-order valence-corrected chi connectivity index (χ3v) is 1.01. The minimum atomic E-state index is -0.142.